The highest BCUT2D eigenvalue weighted by Gasteiger charge is 2.09. The Morgan fingerprint density at radius 2 is 2.44 bits per heavy atom. The summed E-state index contributed by atoms with van der Waals surface area (Å²) in [5.41, 5.74) is -0.0758. The van der Waals surface area contributed by atoms with Crippen molar-refractivity contribution in [3.63, 3.8) is 0 Å². The number of nitrogens with one attached hydrogen (secondary N) is 1. The van der Waals surface area contributed by atoms with Gasteiger partial charge in [0.05, 0.1) is 19.3 Å². The van der Waals surface area contributed by atoms with E-state index in [2.05, 4.69) is 15.6 Å². The van der Waals surface area contributed by atoms with Crippen LogP contribution in [0.15, 0.2) is 6.20 Å². The molecule has 102 valence electrons. The Morgan fingerprint density at radius 1 is 1.67 bits per heavy atom. The van der Waals surface area contributed by atoms with E-state index in [4.69, 9.17) is 14.9 Å². The zero-order valence-corrected chi connectivity index (χ0v) is 10.2. The number of carboxylic acids is 1. The highest BCUT2D eigenvalue weighted by Crippen LogP contribution is 1.94. The van der Waals surface area contributed by atoms with Crippen molar-refractivity contribution >= 4 is 5.97 Å². The Bertz CT molecular complexity index is 369. The van der Waals surface area contributed by atoms with Gasteiger partial charge in [0, 0.05) is 26.3 Å². The third kappa shape index (κ3) is 4.78. The molecule has 8 nitrogen and oxygen atoms in total. The van der Waals surface area contributed by atoms with Gasteiger partial charge in [0.1, 0.15) is 0 Å². The second kappa shape index (κ2) is 7.75. The van der Waals surface area contributed by atoms with Crippen LogP contribution in [0.5, 0.6) is 0 Å². The SMILES string of the molecule is COCCC(CO)NCCn1cc(C(=O)O)nn1. The van der Waals surface area contributed by atoms with Gasteiger partial charge in [-0.25, -0.2) is 4.79 Å². The average molecular weight is 258 g/mol. The molecule has 1 rings (SSSR count). The summed E-state index contributed by atoms with van der Waals surface area (Å²) in [6, 6.07) is -0.0348. The minimum Gasteiger partial charge on any atom is -0.476 e. The molecule has 0 spiro atoms. The Labute approximate surface area is 105 Å². The fraction of sp³-hybridized carbons (Fsp3) is 0.700. The van der Waals surface area contributed by atoms with Gasteiger partial charge in [-0.2, -0.15) is 0 Å². The number of carboxylic acid groups (broad SMARTS) is 1. The highest BCUT2D eigenvalue weighted by atomic mass is 16.5. The van der Waals surface area contributed by atoms with Crippen LogP contribution in [0.3, 0.4) is 0 Å². The van der Waals surface area contributed by atoms with Gasteiger partial charge in [-0.05, 0) is 6.42 Å². The van der Waals surface area contributed by atoms with E-state index in [1.54, 1.807) is 7.11 Å². The van der Waals surface area contributed by atoms with Crippen molar-refractivity contribution in [3.8, 4) is 0 Å². The first-order chi connectivity index (χ1) is 8.67. The molecule has 0 fully saturated rings. The average Bonchev–Trinajstić information content (AvgIpc) is 2.82. The lowest BCUT2D eigenvalue weighted by atomic mass is 10.2. The van der Waals surface area contributed by atoms with E-state index in [1.807, 2.05) is 0 Å². The number of ether oxygens (including phenoxy) is 1. The van der Waals surface area contributed by atoms with E-state index in [-0.39, 0.29) is 18.3 Å². The molecule has 0 aromatic carbocycles. The predicted molar refractivity (Wildman–Crippen MR) is 62.4 cm³/mol. The molecule has 0 saturated carbocycles. The van der Waals surface area contributed by atoms with Crippen LogP contribution in [-0.2, 0) is 11.3 Å². The third-order valence-corrected chi connectivity index (χ3v) is 2.42. The Morgan fingerprint density at radius 3 is 3.00 bits per heavy atom. The van der Waals surface area contributed by atoms with Gasteiger partial charge in [0.2, 0.25) is 0 Å². The molecular weight excluding hydrogens is 240 g/mol. The summed E-state index contributed by atoms with van der Waals surface area (Å²) in [4.78, 5) is 10.6. The molecule has 8 heteroatoms. The minimum atomic E-state index is -1.09. The van der Waals surface area contributed by atoms with Crippen molar-refractivity contribution < 1.29 is 19.7 Å². The fourth-order valence-corrected chi connectivity index (χ4v) is 1.41. The van der Waals surface area contributed by atoms with Crippen LogP contribution < -0.4 is 5.32 Å². The number of methoxy groups -OCH3 is 1. The predicted octanol–water partition coefficient (Wildman–Crippen LogP) is -1.04. The van der Waals surface area contributed by atoms with Crippen LogP contribution in [0.4, 0.5) is 0 Å². The van der Waals surface area contributed by atoms with Gasteiger partial charge >= 0.3 is 5.97 Å². The van der Waals surface area contributed by atoms with Crippen molar-refractivity contribution in [3.05, 3.63) is 11.9 Å². The van der Waals surface area contributed by atoms with Crippen molar-refractivity contribution in [2.24, 2.45) is 0 Å². The molecule has 1 heterocycles. The first kappa shape index (κ1) is 14.6. The lowest BCUT2D eigenvalue weighted by Gasteiger charge is -2.15. The normalized spacial score (nSPS) is 12.6. The van der Waals surface area contributed by atoms with Crippen LogP contribution in [0.25, 0.3) is 0 Å². The first-order valence-corrected chi connectivity index (χ1v) is 5.64. The van der Waals surface area contributed by atoms with Gasteiger partial charge in [0.25, 0.3) is 0 Å². The molecule has 0 amide bonds. The Kier molecular flexibility index (Phi) is 6.26. The summed E-state index contributed by atoms with van der Waals surface area (Å²) in [5.74, 6) is -1.09. The van der Waals surface area contributed by atoms with Gasteiger partial charge < -0.3 is 20.3 Å². The summed E-state index contributed by atoms with van der Waals surface area (Å²) in [7, 11) is 1.61. The topological polar surface area (TPSA) is 110 Å². The number of nitrogens with zero attached hydrogens (tertiary/aromatic N) is 3. The standard InChI is InChI=1S/C10H18N4O4/c1-18-5-2-8(7-15)11-3-4-14-6-9(10(16)17)12-13-14/h6,8,11,15H,2-5,7H2,1H3,(H,16,17). The maximum atomic E-state index is 10.6. The molecule has 0 saturated heterocycles. The summed E-state index contributed by atoms with van der Waals surface area (Å²) >= 11 is 0. The number of aliphatic hydroxyl groups excluding tert-OH is 1. The van der Waals surface area contributed by atoms with Crippen LogP contribution >= 0.6 is 0 Å². The number of aromatic carboxylic acids is 1. The maximum Gasteiger partial charge on any atom is 0.358 e. The van der Waals surface area contributed by atoms with Crippen molar-refractivity contribution in [2.75, 3.05) is 26.9 Å². The fourth-order valence-electron chi connectivity index (χ4n) is 1.41. The smallest absolute Gasteiger partial charge is 0.358 e. The second-order valence-electron chi connectivity index (χ2n) is 3.79. The van der Waals surface area contributed by atoms with E-state index < -0.39 is 5.97 Å². The molecule has 0 aliphatic carbocycles. The quantitative estimate of drug-likeness (QED) is 0.519. The molecule has 0 aliphatic rings. The van der Waals surface area contributed by atoms with Crippen molar-refractivity contribution in [2.45, 2.75) is 19.0 Å². The third-order valence-electron chi connectivity index (χ3n) is 2.42. The molecule has 1 atom stereocenters. The minimum absolute atomic E-state index is 0.0289. The largest absolute Gasteiger partial charge is 0.476 e. The number of rotatable bonds is 9. The van der Waals surface area contributed by atoms with Gasteiger partial charge in [-0.3, -0.25) is 4.68 Å². The van der Waals surface area contributed by atoms with E-state index >= 15 is 0 Å². The molecule has 0 radical (unpaired) electrons. The number of hydrogen-bond acceptors (Lipinski definition) is 6. The summed E-state index contributed by atoms with van der Waals surface area (Å²) < 4.78 is 6.37. The zero-order valence-electron chi connectivity index (χ0n) is 10.2. The van der Waals surface area contributed by atoms with E-state index in [1.165, 1.54) is 10.9 Å². The van der Waals surface area contributed by atoms with E-state index in [9.17, 15) is 4.79 Å². The number of hydrogen-bond donors (Lipinski definition) is 3. The maximum absolute atomic E-state index is 10.6. The van der Waals surface area contributed by atoms with Crippen molar-refractivity contribution in [1.82, 2.24) is 20.3 Å². The monoisotopic (exact) mass is 258 g/mol. The molecule has 1 aromatic heterocycles. The molecular formula is C10H18N4O4. The summed E-state index contributed by atoms with van der Waals surface area (Å²) in [6.07, 6.45) is 2.08. The van der Waals surface area contributed by atoms with E-state index in [0.29, 0.717) is 26.1 Å². The highest BCUT2D eigenvalue weighted by molar-refractivity contribution is 5.84. The van der Waals surface area contributed by atoms with Gasteiger partial charge in [-0.15, -0.1) is 5.10 Å². The molecule has 0 bridgehead atoms. The molecule has 18 heavy (non-hydrogen) atoms. The summed E-state index contributed by atoms with van der Waals surface area (Å²) in [5, 5.41) is 28.1. The number of carbonyl (C=O) groups is 1. The lowest BCUT2D eigenvalue weighted by molar-refractivity contribution is 0.0690. The molecule has 3 N–H and O–H groups in total. The van der Waals surface area contributed by atoms with Crippen molar-refractivity contribution in [1.29, 1.82) is 0 Å². The second-order valence-corrected chi connectivity index (χ2v) is 3.79. The Balaban J connectivity index is 2.28. The van der Waals surface area contributed by atoms with Crippen LogP contribution in [-0.4, -0.2) is 64.1 Å². The Hall–Kier alpha value is -1.51. The number of aromatic nitrogens is 3. The summed E-state index contributed by atoms with van der Waals surface area (Å²) in [6.45, 7) is 1.66. The van der Waals surface area contributed by atoms with Crippen LogP contribution in [0.1, 0.15) is 16.9 Å². The first-order valence-electron chi connectivity index (χ1n) is 5.64. The number of aliphatic hydroxyl groups is 1. The van der Waals surface area contributed by atoms with Crippen LogP contribution in [0.2, 0.25) is 0 Å². The molecule has 0 aliphatic heterocycles. The van der Waals surface area contributed by atoms with Gasteiger partial charge in [-0.1, -0.05) is 5.21 Å². The van der Waals surface area contributed by atoms with Crippen LogP contribution in [0, 0.1) is 0 Å². The molecule has 1 aromatic rings. The van der Waals surface area contributed by atoms with Gasteiger partial charge in [0.15, 0.2) is 5.69 Å². The lowest BCUT2D eigenvalue weighted by Crippen LogP contribution is -2.35. The van der Waals surface area contributed by atoms with E-state index in [0.717, 1.165) is 0 Å². The molecule has 1 unspecified atom stereocenters. The zero-order chi connectivity index (χ0) is 13.4.